The Morgan fingerprint density at radius 3 is 2.53 bits per heavy atom. The van der Waals surface area contributed by atoms with Gasteiger partial charge in [0.25, 0.3) is 0 Å². The molecule has 0 amide bonds. The zero-order valence-corrected chi connectivity index (χ0v) is 8.64. The van der Waals surface area contributed by atoms with Crippen LogP contribution in [0.25, 0.3) is 0 Å². The first-order valence-corrected chi connectivity index (χ1v) is 4.62. The Morgan fingerprint density at radius 1 is 1.53 bits per heavy atom. The highest BCUT2D eigenvalue weighted by Crippen LogP contribution is 2.29. The Morgan fingerprint density at radius 2 is 2.13 bits per heavy atom. The first kappa shape index (κ1) is 11.5. The second kappa shape index (κ2) is 4.75. The number of benzene rings is 1. The lowest BCUT2D eigenvalue weighted by Gasteiger charge is -2.27. The van der Waals surface area contributed by atoms with E-state index in [9.17, 15) is 9.90 Å². The molecular weight excluding hydrogens is 192 g/mol. The van der Waals surface area contributed by atoms with Crippen LogP contribution in [0.4, 0.5) is 0 Å². The van der Waals surface area contributed by atoms with Gasteiger partial charge in [-0.25, -0.2) is 4.79 Å². The smallest absolute Gasteiger partial charge is 0.340 e. The molecule has 1 unspecified atom stereocenters. The van der Waals surface area contributed by atoms with E-state index < -0.39 is 11.6 Å². The summed E-state index contributed by atoms with van der Waals surface area (Å²) in [6, 6.07) is 8.88. The second-order valence-electron chi connectivity index (χ2n) is 3.20. The number of hydrogen-bond acceptors (Lipinski definition) is 2. The van der Waals surface area contributed by atoms with Gasteiger partial charge in [0.1, 0.15) is 0 Å². The summed E-state index contributed by atoms with van der Waals surface area (Å²) in [5, 5.41) is 9.24. The van der Waals surface area contributed by atoms with E-state index in [4.69, 9.17) is 4.74 Å². The van der Waals surface area contributed by atoms with Crippen LogP contribution in [0, 0.1) is 0 Å². The summed E-state index contributed by atoms with van der Waals surface area (Å²) < 4.78 is 5.16. The molecule has 0 saturated carbocycles. The van der Waals surface area contributed by atoms with Crippen molar-refractivity contribution in [1.82, 2.24) is 0 Å². The van der Waals surface area contributed by atoms with Crippen LogP contribution in [0.5, 0.6) is 0 Å². The van der Waals surface area contributed by atoms with Crippen LogP contribution < -0.4 is 0 Å². The van der Waals surface area contributed by atoms with E-state index >= 15 is 0 Å². The van der Waals surface area contributed by atoms with Gasteiger partial charge >= 0.3 is 5.97 Å². The van der Waals surface area contributed by atoms with E-state index in [1.165, 1.54) is 7.11 Å². The summed E-state index contributed by atoms with van der Waals surface area (Å²) in [6.07, 6.45) is 1.79. The largest absolute Gasteiger partial charge is 0.479 e. The predicted octanol–water partition coefficient (Wildman–Crippen LogP) is 2.19. The van der Waals surface area contributed by atoms with E-state index in [1.54, 1.807) is 30.3 Å². The Balaban J connectivity index is 3.21. The molecule has 3 heteroatoms. The van der Waals surface area contributed by atoms with E-state index in [2.05, 4.69) is 6.58 Å². The standard InChI is InChI=1S/C12H14O3/c1-3-9-12(15-2,11(13)14)10-7-5-4-6-8-10/h3-8H,1,9H2,2H3,(H,13,14). The summed E-state index contributed by atoms with van der Waals surface area (Å²) in [4.78, 5) is 11.3. The Kier molecular flexibility index (Phi) is 3.63. The maximum atomic E-state index is 11.3. The van der Waals surface area contributed by atoms with E-state index in [1.807, 2.05) is 6.07 Å². The lowest BCUT2D eigenvalue weighted by Crippen LogP contribution is -2.37. The molecule has 1 aromatic rings. The van der Waals surface area contributed by atoms with Crippen molar-refractivity contribution in [3.63, 3.8) is 0 Å². The lowest BCUT2D eigenvalue weighted by atomic mass is 9.90. The fraction of sp³-hybridized carbons (Fsp3) is 0.250. The zero-order valence-electron chi connectivity index (χ0n) is 8.64. The van der Waals surface area contributed by atoms with Crippen molar-refractivity contribution in [2.75, 3.05) is 7.11 Å². The fourth-order valence-corrected chi connectivity index (χ4v) is 1.53. The molecule has 0 fully saturated rings. The highest BCUT2D eigenvalue weighted by Gasteiger charge is 2.39. The van der Waals surface area contributed by atoms with E-state index in [-0.39, 0.29) is 6.42 Å². The first-order chi connectivity index (χ1) is 7.17. The van der Waals surface area contributed by atoms with Crippen molar-refractivity contribution in [2.24, 2.45) is 0 Å². The highest BCUT2D eigenvalue weighted by atomic mass is 16.5. The average molecular weight is 206 g/mol. The molecule has 0 saturated heterocycles. The molecule has 1 rings (SSSR count). The highest BCUT2D eigenvalue weighted by molar-refractivity contribution is 5.79. The minimum absolute atomic E-state index is 0.239. The van der Waals surface area contributed by atoms with Crippen molar-refractivity contribution in [2.45, 2.75) is 12.0 Å². The van der Waals surface area contributed by atoms with Gasteiger partial charge in [-0.3, -0.25) is 0 Å². The third-order valence-electron chi connectivity index (χ3n) is 2.37. The van der Waals surface area contributed by atoms with E-state index in [0.717, 1.165) is 0 Å². The molecule has 0 radical (unpaired) electrons. The van der Waals surface area contributed by atoms with Crippen molar-refractivity contribution in [3.8, 4) is 0 Å². The molecule has 3 nitrogen and oxygen atoms in total. The molecule has 15 heavy (non-hydrogen) atoms. The van der Waals surface area contributed by atoms with Crippen LogP contribution >= 0.6 is 0 Å². The zero-order chi connectivity index (χ0) is 11.3. The van der Waals surface area contributed by atoms with Gasteiger partial charge < -0.3 is 9.84 Å². The molecule has 0 bridgehead atoms. The van der Waals surface area contributed by atoms with Gasteiger partial charge in [-0.05, 0) is 5.56 Å². The maximum absolute atomic E-state index is 11.3. The molecule has 1 N–H and O–H groups in total. The molecule has 0 aliphatic heterocycles. The number of methoxy groups -OCH3 is 1. The van der Waals surface area contributed by atoms with E-state index in [0.29, 0.717) is 5.56 Å². The Bertz CT molecular complexity index is 345. The summed E-state index contributed by atoms with van der Waals surface area (Å²) in [7, 11) is 1.39. The number of carboxylic acid groups (broad SMARTS) is 1. The van der Waals surface area contributed by atoms with Crippen LogP contribution in [-0.4, -0.2) is 18.2 Å². The van der Waals surface area contributed by atoms with Gasteiger partial charge in [0.05, 0.1) is 0 Å². The first-order valence-electron chi connectivity index (χ1n) is 4.62. The Hall–Kier alpha value is -1.61. The number of carbonyl (C=O) groups is 1. The average Bonchev–Trinajstić information content (AvgIpc) is 2.26. The van der Waals surface area contributed by atoms with Crippen LogP contribution in [0.1, 0.15) is 12.0 Å². The Labute approximate surface area is 89.0 Å². The van der Waals surface area contributed by atoms with Gasteiger partial charge in [0.2, 0.25) is 0 Å². The number of hydrogen-bond donors (Lipinski definition) is 1. The normalized spacial score (nSPS) is 14.2. The minimum Gasteiger partial charge on any atom is -0.479 e. The second-order valence-corrected chi connectivity index (χ2v) is 3.20. The van der Waals surface area contributed by atoms with Crippen molar-refractivity contribution in [3.05, 3.63) is 48.6 Å². The lowest BCUT2D eigenvalue weighted by molar-refractivity contribution is -0.163. The van der Waals surface area contributed by atoms with Gasteiger partial charge in [-0.1, -0.05) is 36.4 Å². The molecule has 0 aliphatic rings. The van der Waals surface area contributed by atoms with Crippen LogP contribution in [-0.2, 0) is 15.1 Å². The van der Waals surface area contributed by atoms with Gasteiger partial charge in [-0.15, -0.1) is 6.58 Å². The topological polar surface area (TPSA) is 46.5 Å². The molecule has 0 spiro atoms. The monoisotopic (exact) mass is 206 g/mol. The third kappa shape index (κ3) is 2.07. The van der Waals surface area contributed by atoms with Gasteiger partial charge in [-0.2, -0.15) is 0 Å². The number of carboxylic acids is 1. The molecular formula is C12H14O3. The van der Waals surface area contributed by atoms with Crippen LogP contribution in [0.3, 0.4) is 0 Å². The third-order valence-corrected chi connectivity index (χ3v) is 2.37. The van der Waals surface area contributed by atoms with Crippen LogP contribution in [0.15, 0.2) is 43.0 Å². The maximum Gasteiger partial charge on any atom is 0.340 e. The summed E-state index contributed by atoms with van der Waals surface area (Å²) in [6.45, 7) is 3.56. The van der Waals surface area contributed by atoms with Crippen molar-refractivity contribution >= 4 is 5.97 Å². The summed E-state index contributed by atoms with van der Waals surface area (Å²) in [5.41, 5.74) is -0.692. The molecule has 0 heterocycles. The fourth-order valence-electron chi connectivity index (χ4n) is 1.53. The quantitative estimate of drug-likeness (QED) is 0.751. The number of aliphatic carboxylic acids is 1. The van der Waals surface area contributed by atoms with Crippen LogP contribution in [0.2, 0.25) is 0 Å². The van der Waals surface area contributed by atoms with Gasteiger partial charge in [0, 0.05) is 13.5 Å². The molecule has 1 atom stereocenters. The molecule has 1 aromatic carbocycles. The van der Waals surface area contributed by atoms with Crippen molar-refractivity contribution < 1.29 is 14.6 Å². The number of rotatable bonds is 5. The predicted molar refractivity (Wildman–Crippen MR) is 57.6 cm³/mol. The minimum atomic E-state index is -1.32. The SMILES string of the molecule is C=CCC(OC)(C(=O)O)c1ccccc1. The molecule has 80 valence electrons. The number of ether oxygens (including phenoxy) is 1. The molecule has 0 aliphatic carbocycles. The van der Waals surface area contributed by atoms with Crippen molar-refractivity contribution in [1.29, 1.82) is 0 Å². The summed E-state index contributed by atoms with van der Waals surface area (Å²) >= 11 is 0. The molecule has 0 aromatic heterocycles. The van der Waals surface area contributed by atoms with Gasteiger partial charge in [0.15, 0.2) is 5.60 Å². The summed E-state index contributed by atoms with van der Waals surface area (Å²) in [5.74, 6) is -1.00.